The number of methoxy groups -OCH3 is 1. The van der Waals surface area contributed by atoms with E-state index in [2.05, 4.69) is 15.1 Å². The lowest BCUT2D eigenvalue weighted by Crippen LogP contribution is -2.31. The molecule has 0 saturated carbocycles. The number of thioether (sulfide) groups is 1. The number of ether oxygens (including phenoxy) is 1. The van der Waals surface area contributed by atoms with Gasteiger partial charge in [0, 0.05) is 39.8 Å². The first-order chi connectivity index (χ1) is 15.1. The first-order valence-corrected chi connectivity index (χ1v) is 11.0. The van der Waals surface area contributed by atoms with Gasteiger partial charge in [-0.15, -0.1) is 0 Å². The molecule has 1 aliphatic heterocycles. The topological polar surface area (TPSA) is 86.5 Å². The van der Waals surface area contributed by atoms with Gasteiger partial charge in [-0.05, 0) is 39.3 Å². The van der Waals surface area contributed by atoms with Gasteiger partial charge in [-0.1, -0.05) is 28.5 Å². The summed E-state index contributed by atoms with van der Waals surface area (Å²) in [6.45, 7) is 5.46. The van der Waals surface area contributed by atoms with Gasteiger partial charge in [0.25, 0.3) is 0 Å². The van der Waals surface area contributed by atoms with Gasteiger partial charge in [-0.3, -0.25) is 4.99 Å². The second kappa shape index (κ2) is 8.37. The highest BCUT2D eigenvalue weighted by molar-refractivity contribution is 8.14. The Morgan fingerprint density at radius 2 is 2.00 bits per heavy atom. The average molecular weight is 479 g/mol. The van der Waals surface area contributed by atoms with Crippen molar-refractivity contribution in [2.75, 3.05) is 7.11 Å². The summed E-state index contributed by atoms with van der Waals surface area (Å²) >= 11 is 7.54. The number of nitrogens with zero attached hydrogens (tertiary/aromatic N) is 3. The van der Waals surface area contributed by atoms with E-state index in [1.54, 1.807) is 6.92 Å². The molecule has 32 heavy (non-hydrogen) atoms. The minimum absolute atomic E-state index is 0.145. The maximum Gasteiger partial charge on any atom is 0.232 e. The van der Waals surface area contributed by atoms with Gasteiger partial charge in [-0.25, -0.2) is 13.8 Å². The van der Waals surface area contributed by atoms with Gasteiger partial charge in [0.2, 0.25) is 5.88 Å². The lowest BCUT2D eigenvalue weighted by Gasteiger charge is -2.35. The zero-order chi connectivity index (χ0) is 23.2. The molecule has 0 fully saturated rings. The van der Waals surface area contributed by atoms with E-state index in [4.69, 9.17) is 26.6 Å². The predicted octanol–water partition coefficient (Wildman–Crippen LogP) is 5.70. The Labute approximate surface area is 193 Å². The lowest BCUT2D eigenvalue weighted by atomic mass is 9.84. The number of nitrogens with two attached hydrogens (primary N) is 1. The summed E-state index contributed by atoms with van der Waals surface area (Å²) in [5.41, 5.74) is 7.54. The molecule has 0 spiro atoms. The molecule has 4 rings (SSSR count). The van der Waals surface area contributed by atoms with Gasteiger partial charge >= 0.3 is 0 Å². The minimum Gasteiger partial charge on any atom is -0.480 e. The number of halogens is 3. The van der Waals surface area contributed by atoms with Gasteiger partial charge < -0.3 is 15.0 Å². The molecular formula is C22H21ClF2N4O2S. The zero-order valence-corrected chi connectivity index (χ0v) is 19.4. The average Bonchev–Trinajstić information content (AvgIpc) is 3.05. The number of aryl methyl sites for hydroxylation is 2. The molecule has 2 N–H and O–H groups in total. The summed E-state index contributed by atoms with van der Waals surface area (Å²) in [4.78, 5) is 8.65. The standard InChI is InChI=1S/C22H21ClF2N4O2S/c1-10-19(11(2)31-29-10)18-8-22(3,28-21(26)32-18)14-6-13(16(24)7-17(14)25)12-5-15(23)20(30-4)27-9-12/h5-7,9,18H,8H2,1-4H3,(H2,26,28)/t18-,22-/m0/s1. The van der Waals surface area contributed by atoms with Crippen LogP contribution in [0.4, 0.5) is 8.78 Å². The monoisotopic (exact) mass is 478 g/mol. The quantitative estimate of drug-likeness (QED) is 0.517. The second-order valence-corrected chi connectivity index (χ2v) is 9.43. The molecule has 168 valence electrons. The van der Waals surface area contributed by atoms with E-state index in [9.17, 15) is 4.39 Å². The first-order valence-electron chi connectivity index (χ1n) is 9.77. The third-order valence-corrected chi connectivity index (χ3v) is 6.85. The van der Waals surface area contributed by atoms with Crippen LogP contribution in [-0.4, -0.2) is 22.4 Å². The van der Waals surface area contributed by atoms with E-state index >= 15 is 4.39 Å². The fourth-order valence-corrected chi connectivity index (χ4v) is 5.70. The van der Waals surface area contributed by atoms with Crippen molar-refractivity contribution >= 4 is 28.5 Å². The van der Waals surface area contributed by atoms with Crippen molar-refractivity contribution in [1.82, 2.24) is 10.1 Å². The third kappa shape index (κ3) is 3.95. The zero-order valence-electron chi connectivity index (χ0n) is 17.9. The molecule has 3 heterocycles. The largest absolute Gasteiger partial charge is 0.480 e. The summed E-state index contributed by atoms with van der Waals surface area (Å²) < 4.78 is 40.2. The van der Waals surface area contributed by atoms with E-state index in [0.717, 1.165) is 17.3 Å². The predicted molar refractivity (Wildman–Crippen MR) is 121 cm³/mol. The van der Waals surface area contributed by atoms with Gasteiger partial charge in [0.05, 0.1) is 18.3 Å². The summed E-state index contributed by atoms with van der Waals surface area (Å²) in [5, 5.41) is 4.40. The van der Waals surface area contributed by atoms with Gasteiger partial charge in [-0.2, -0.15) is 0 Å². The Balaban J connectivity index is 1.81. The van der Waals surface area contributed by atoms with Crippen molar-refractivity contribution in [3.63, 3.8) is 0 Å². The second-order valence-electron chi connectivity index (χ2n) is 7.80. The molecule has 0 aliphatic carbocycles. The van der Waals surface area contributed by atoms with Crippen LogP contribution in [0, 0.1) is 25.5 Å². The Morgan fingerprint density at radius 3 is 2.62 bits per heavy atom. The van der Waals surface area contributed by atoms with Crippen LogP contribution in [0.1, 0.15) is 41.2 Å². The van der Waals surface area contributed by atoms with E-state index in [1.165, 1.54) is 37.2 Å². The first kappa shape index (κ1) is 22.5. The van der Waals surface area contributed by atoms with Crippen molar-refractivity contribution < 1.29 is 18.0 Å². The number of amidine groups is 1. The van der Waals surface area contributed by atoms with Crippen molar-refractivity contribution in [3.8, 4) is 17.0 Å². The normalized spacial score (nSPS) is 20.8. The van der Waals surface area contributed by atoms with Crippen LogP contribution in [0.2, 0.25) is 5.02 Å². The summed E-state index contributed by atoms with van der Waals surface area (Å²) in [5.74, 6) is -0.546. The Bertz CT molecular complexity index is 1210. The molecule has 6 nitrogen and oxygen atoms in total. The number of hydrogen-bond donors (Lipinski definition) is 1. The van der Waals surface area contributed by atoms with Gasteiger partial charge in [0.15, 0.2) is 5.17 Å². The SMILES string of the molecule is COc1ncc(-c2cc([C@]3(C)C[C@@H](c4c(C)noc4C)SC(N)=N3)c(F)cc2F)cc1Cl. The van der Waals surface area contributed by atoms with Crippen LogP contribution < -0.4 is 10.5 Å². The summed E-state index contributed by atoms with van der Waals surface area (Å²) in [6.07, 6.45) is 1.85. The van der Waals surface area contributed by atoms with Crippen LogP contribution in [0.3, 0.4) is 0 Å². The van der Waals surface area contributed by atoms with Gasteiger partial charge in [0.1, 0.15) is 22.4 Å². The molecule has 2 aromatic heterocycles. The fraction of sp³-hybridized carbons (Fsp3) is 0.318. The van der Waals surface area contributed by atoms with Crippen LogP contribution in [0.25, 0.3) is 11.1 Å². The number of pyridine rings is 1. The highest BCUT2D eigenvalue weighted by Gasteiger charge is 2.39. The molecule has 0 radical (unpaired) electrons. The molecule has 0 amide bonds. The Kier molecular flexibility index (Phi) is 5.89. The number of benzene rings is 1. The van der Waals surface area contributed by atoms with Crippen molar-refractivity contribution in [2.24, 2.45) is 10.7 Å². The maximum absolute atomic E-state index is 15.1. The molecule has 10 heteroatoms. The van der Waals surface area contributed by atoms with Crippen molar-refractivity contribution in [2.45, 2.75) is 38.0 Å². The van der Waals surface area contributed by atoms with Crippen LogP contribution in [-0.2, 0) is 5.54 Å². The highest BCUT2D eigenvalue weighted by atomic mass is 35.5. The Hall–Kier alpha value is -2.65. The summed E-state index contributed by atoms with van der Waals surface area (Å²) in [7, 11) is 1.43. The Morgan fingerprint density at radius 1 is 1.25 bits per heavy atom. The van der Waals surface area contributed by atoms with E-state index in [0.29, 0.717) is 22.9 Å². The molecular weight excluding hydrogens is 458 g/mol. The molecule has 1 aromatic carbocycles. The van der Waals surface area contributed by atoms with E-state index in [-0.39, 0.29) is 27.3 Å². The molecule has 2 atom stereocenters. The molecule has 3 aromatic rings. The highest BCUT2D eigenvalue weighted by Crippen LogP contribution is 2.49. The molecule has 0 bridgehead atoms. The molecule has 0 saturated heterocycles. The fourth-order valence-electron chi connectivity index (χ4n) is 4.05. The smallest absolute Gasteiger partial charge is 0.232 e. The van der Waals surface area contributed by atoms with Crippen LogP contribution >= 0.6 is 23.4 Å². The third-order valence-electron chi connectivity index (χ3n) is 5.56. The maximum atomic E-state index is 15.1. The number of hydrogen-bond acceptors (Lipinski definition) is 7. The molecule has 0 unspecified atom stereocenters. The van der Waals surface area contributed by atoms with Crippen molar-refractivity contribution in [3.05, 3.63) is 63.6 Å². The number of aromatic nitrogens is 2. The number of aliphatic imine (C=N–C) groups is 1. The summed E-state index contributed by atoms with van der Waals surface area (Å²) in [6, 6.07) is 3.82. The van der Waals surface area contributed by atoms with E-state index < -0.39 is 17.2 Å². The number of rotatable bonds is 4. The molecule has 1 aliphatic rings. The van der Waals surface area contributed by atoms with Crippen molar-refractivity contribution in [1.29, 1.82) is 0 Å². The van der Waals surface area contributed by atoms with E-state index in [1.807, 2.05) is 13.8 Å². The van der Waals surface area contributed by atoms with Crippen LogP contribution in [0.15, 0.2) is 33.9 Å². The van der Waals surface area contributed by atoms with Crippen LogP contribution in [0.5, 0.6) is 5.88 Å². The lowest BCUT2D eigenvalue weighted by molar-refractivity contribution is 0.389. The minimum atomic E-state index is -1.04.